The lowest BCUT2D eigenvalue weighted by atomic mass is 10.2. The van der Waals surface area contributed by atoms with Crippen molar-refractivity contribution in [2.45, 2.75) is 6.54 Å². The van der Waals surface area contributed by atoms with E-state index in [1.54, 1.807) is 0 Å². The van der Waals surface area contributed by atoms with Crippen LogP contribution in [-0.4, -0.2) is 16.1 Å². The van der Waals surface area contributed by atoms with Crippen molar-refractivity contribution in [2.75, 3.05) is 5.32 Å². The number of carbonyl (C=O) groups is 1. The molecule has 4 N–H and O–H groups in total. The van der Waals surface area contributed by atoms with Crippen LogP contribution in [0, 0.1) is 0 Å². The highest BCUT2D eigenvalue weighted by Gasteiger charge is 2.11. The molecule has 0 fully saturated rings. The summed E-state index contributed by atoms with van der Waals surface area (Å²) >= 11 is 0. The van der Waals surface area contributed by atoms with Gasteiger partial charge < -0.3 is 15.5 Å². The van der Waals surface area contributed by atoms with Crippen molar-refractivity contribution in [2.24, 2.45) is 5.73 Å². The van der Waals surface area contributed by atoms with Crippen molar-refractivity contribution in [3.8, 4) is 0 Å². The molecule has 114 valence electrons. The number of benzene rings is 2. The standard InChI is InChI=1S/C17H14N4O2/c18-17(22)16-13-8-11(5-6-14(13)20-21-16)19-9-12-7-10-3-1-2-4-15(10)23-12/h1-8,19H,9H2,(H2,18,22)(H,20,21). The SMILES string of the molecule is NC(=O)c1n[nH]c2ccc(NCc3cc4ccccc4o3)cc12. The van der Waals surface area contributed by atoms with Crippen LogP contribution >= 0.6 is 0 Å². The van der Waals surface area contributed by atoms with E-state index in [4.69, 9.17) is 10.2 Å². The number of hydrogen-bond donors (Lipinski definition) is 3. The van der Waals surface area contributed by atoms with E-state index in [0.29, 0.717) is 11.9 Å². The third-order valence-electron chi connectivity index (χ3n) is 3.74. The van der Waals surface area contributed by atoms with E-state index in [1.807, 2.05) is 48.5 Å². The van der Waals surface area contributed by atoms with Crippen LogP contribution in [0.15, 0.2) is 52.9 Å². The highest BCUT2D eigenvalue weighted by molar-refractivity contribution is 6.04. The fraction of sp³-hybridized carbons (Fsp3) is 0.0588. The van der Waals surface area contributed by atoms with Crippen LogP contribution in [-0.2, 0) is 6.54 Å². The van der Waals surface area contributed by atoms with Gasteiger partial charge in [-0.2, -0.15) is 5.10 Å². The lowest BCUT2D eigenvalue weighted by Gasteiger charge is -2.04. The molecule has 6 heteroatoms. The van der Waals surface area contributed by atoms with Gasteiger partial charge >= 0.3 is 0 Å². The van der Waals surface area contributed by atoms with Gasteiger partial charge in [-0.05, 0) is 30.3 Å². The lowest BCUT2D eigenvalue weighted by molar-refractivity contribution is 0.0997. The lowest BCUT2D eigenvalue weighted by Crippen LogP contribution is -2.11. The molecular formula is C17H14N4O2. The largest absolute Gasteiger partial charge is 0.459 e. The van der Waals surface area contributed by atoms with Crippen molar-refractivity contribution in [1.29, 1.82) is 0 Å². The van der Waals surface area contributed by atoms with E-state index in [-0.39, 0.29) is 5.69 Å². The van der Waals surface area contributed by atoms with Gasteiger partial charge in [0.25, 0.3) is 5.91 Å². The number of fused-ring (bicyclic) bond motifs is 2. The van der Waals surface area contributed by atoms with Gasteiger partial charge in [-0.1, -0.05) is 18.2 Å². The first-order valence-corrected chi connectivity index (χ1v) is 7.20. The summed E-state index contributed by atoms with van der Waals surface area (Å²) in [7, 11) is 0. The normalized spacial score (nSPS) is 11.1. The van der Waals surface area contributed by atoms with E-state index >= 15 is 0 Å². The Morgan fingerprint density at radius 2 is 2.09 bits per heavy atom. The molecule has 4 rings (SSSR count). The highest BCUT2D eigenvalue weighted by atomic mass is 16.3. The second-order valence-electron chi connectivity index (χ2n) is 5.30. The van der Waals surface area contributed by atoms with E-state index < -0.39 is 5.91 Å². The first-order chi connectivity index (χ1) is 11.2. The monoisotopic (exact) mass is 306 g/mol. The number of rotatable bonds is 4. The summed E-state index contributed by atoms with van der Waals surface area (Å²) < 4.78 is 5.77. The molecule has 0 aliphatic rings. The first kappa shape index (κ1) is 13.4. The van der Waals surface area contributed by atoms with Crippen LogP contribution in [0.4, 0.5) is 5.69 Å². The van der Waals surface area contributed by atoms with Gasteiger partial charge in [0.05, 0.1) is 12.1 Å². The van der Waals surface area contributed by atoms with Gasteiger partial charge in [0, 0.05) is 16.5 Å². The Morgan fingerprint density at radius 1 is 1.22 bits per heavy atom. The summed E-state index contributed by atoms with van der Waals surface area (Å²) in [4.78, 5) is 11.4. The van der Waals surface area contributed by atoms with Crippen LogP contribution < -0.4 is 11.1 Å². The maximum absolute atomic E-state index is 11.4. The van der Waals surface area contributed by atoms with Gasteiger partial charge in [0.15, 0.2) is 5.69 Å². The number of nitrogens with zero attached hydrogens (tertiary/aromatic N) is 1. The number of anilines is 1. The van der Waals surface area contributed by atoms with Crippen LogP contribution in [0.1, 0.15) is 16.2 Å². The number of aromatic nitrogens is 2. The molecule has 0 unspecified atom stereocenters. The minimum Gasteiger partial charge on any atom is -0.459 e. The molecule has 0 radical (unpaired) electrons. The minimum absolute atomic E-state index is 0.243. The number of furan rings is 1. The summed E-state index contributed by atoms with van der Waals surface area (Å²) in [5, 5.41) is 11.8. The molecule has 2 aromatic heterocycles. The van der Waals surface area contributed by atoms with Gasteiger partial charge in [0.1, 0.15) is 11.3 Å². The van der Waals surface area contributed by atoms with Crippen molar-refractivity contribution in [3.05, 3.63) is 60.0 Å². The maximum atomic E-state index is 11.4. The Balaban J connectivity index is 1.59. The topological polar surface area (TPSA) is 96.9 Å². The minimum atomic E-state index is -0.550. The summed E-state index contributed by atoms with van der Waals surface area (Å²) in [6, 6.07) is 15.5. The third kappa shape index (κ3) is 2.40. The van der Waals surface area contributed by atoms with Crippen LogP contribution in [0.5, 0.6) is 0 Å². The summed E-state index contributed by atoms with van der Waals surface area (Å²) in [5.41, 5.74) is 8.07. The smallest absolute Gasteiger partial charge is 0.269 e. The van der Waals surface area contributed by atoms with E-state index in [0.717, 1.165) is 27.9 Å². The third-order valence-corrected chi connectivity index (χ3v) is 3.74. The average molecular weight is 306 g/mol. The second kappa shape index (κ2) is 5.17. The Kier molecular flexibility index (Phi) is 3.01. The summed E-state index contributed by atoms with van der Waals surface area (Å²) in [6.45, 7) is 0.546. The molecule has 4 aromatic rings. The van der Waals surface area contributed by atoms with Crippen molar-refractivity contribution in [3.63, 3.8) is 0 Å². The first-order valence-electron chi connectivity index (χ1n) is 7.20. The van der Waals surface area contributed by atoms with Gasteiger partial charge in [-0.25, -0.2) is 0 Å². The van der Waals surface area contributed by atoms with Gasteiger partial charge in [0.2, 0.25) is 0 Å². The molecule has 23 heavy (non-hydrogen) atoms. The number of hydrogen-bond acceptors (Lipinski definition) is 4. The van der Waals surface area contributed by atoms with Gasteiger partial charge in [-0.3, -0.25) is 9.89 Å². The number of nitrogens with one attached hydrogen (secondary N) is 2. The zero-order valence-electron chi connectivity index (χ0n) is 12.2. The fourth-order valence-electron chi connectivity index (χ4n) is 2.62. The zero-order chi connectivity index (χ0) is 15.8. The Hall–Kier alpha value is -3.28. The Bertz CT molecular complexity index is 983. The number of nitrogens with two attached hydrogens (primary N) is 1. The molecule has 2 heterocycles. The van der Waals surface area contributed by atoms with Crippen LogP contribution in [0.3, 0.4) is 0 Å². The van der Waals surface area contributed by atoms with Crippen LogP contribution in [0.2, 0.25) is 0 Å². The molecule has 0 saturated carbocycles. The number of aromatic amines is 1. The molecule has 0 aliphatic heterocycles. The Morgan fingerprint density at radius 3 is 2.91 bits per heavy atom. The van der Waals surface area contributed by atoms with Crippen molar-refractivity contribution >= 4 is 33.5 Å². The molecule has 1 amide bonds. The molecule has 0 saturated heterocycles. The molecule has 0 bridgehead atoms. The molecule has 2 aromatic carbocycles. The number of carbonyl (C=O) groups excluding carboxylic acids is 1. The zero-order valence-corrected chi connectivity index (χ0v) is 12.2. The fourth-order valence-corrected chi connectivity index (χ4v) is 2.62. The number of para-hydroxylation sites is 1. The Labute approximate surface area is 131 Å². The highest BCUT2D eigenvalue weighted by Crippen LogP contribution is 2.23. The number of H-pyrrole nitrogens is 1. The quantitative estimate of drug-likeness (QED) is 0.540. The summed E-state index contributed by atoms with van der Waals surface area (Å²) in [5.74, 6) is 0.291. The molecule has 0 spiro atoms. The number of primary amides is 1. The maximum Gasteiger partial charge on any atom is 0.269 e. The predicted molar refractivity (Wildman–Crippen MR) is 88.2 cm³/mol. The van der Waals surface area contributed by atoms with E-state index in [1.165, 1.54) is 0 Å². The number of amides is 1. The van der Waals surface area contributed by atoms with Gasteiger partial charge in [-0.15, -0.1) is 0 Å². The molecule has 0 aliphatic carbocycles. The molecular weight excluding hydrogens is 292 g/mol. The molecule has 0 atom stereocenters. The van der Waals surface area contributed by atoms with E-state index in [9.17, 15) is 4.79 Å². The van der Waals surface area contributed by atoms with Crippen molar-refractivity contribution in [1.82, 2.24) is 10.2 Å². The molecule has 6 nitrogen and oxygen atoms in total. The second-order valence-corrected chi connectivity index (χ2v) is 5.30. The summed E-state index contributed by atoms with van der Waals surface area (Å²) in [6.07, 6.45) is 0. The average Bonchev–Trinajstić information content (AvgIpc) is 3.15. The predicted octanol–water partition coefficient (Wildman–Crippen LogP) is 3.02. The van der Waals surface area contributed by atoms with Crippen LogP contribution in [0.25, 0.3) is 21.9 Å². The van der Waals surface area contributed by atoms with E-state index in [2.05, 4.69) is 15.5 Å². The van der Waals surface area contributed by atoms with Crippen molar-refractivity contribution < 1.29 is 9.21 Å².